The summed E-state index contributed by atoms with van der Waals surface area (Å²) in [6.45, 7) is 3.65. The number of nitrogens with one attached hydrogen (secondary N) is 1. The van der Waals surface area contributed by atoms with E-state index in [0.717, 1.165) is 16.6 Å². The molecule has 0 saturated heterocycles. The van der Waals surface area contributed by atoms with Gasteiger partial charge >= 0.3 is 0 Å². The van der Waals surface area contributed by atoms with E-state index in [-0.39, 0.29) is 17.6 Å². The number of halogens is 1. The van der Waals surface area contributed by atoms with E-state index >= 15 is 0 Å². The Morgan fingerprint density at radius 3 is 2.71 bits per heavy atom. The lowest BCUT2D eigenvalue weighted by Crippen LogP contribution is -2.48. The monoisotopic (exact) mass is 399 g/mol. The van der Waals surface area contributed by atoms with Crippen molar-refractivity contribution in [3.05, 3.63) is 57.8 Å². The van der Waals surface area contributed by atoms with Crippen LogP contribution >= 0.6 is 11.3 Å². The minimum absolute atomic E-state index is 0.237. The molecule has 0 saturated carbocycles. The lowest BCUT2D eigenvalue weighted by molar-refractivity contribution is -0.117. The molecule has 144 valence electrons. The fraction of sp³-hybridized carbons (Fsp3) is 0.250. The number of hydrogen-bond acceptors (Lipinski definition) is 5. The largest absolute Gasteiger partial charge is 0.380 e. The average Bonchev–Trinajstić information content (AvgIpc) is 3.02. The van der Waals surface area contributed by atoms with Crippen LogP contribution < -0.4 is 10.2 Å². The molecule has 28 heavy (non-hydrogen) atoms. The molecule has 1 aliphatic rings. The van der Waals surface area contributed by atoms with Crippen LogP contribution in [0.15, 0.2) is 30.3 Å². The molecular formula is C20H18FN3O3S. The van der Waals surface area contributed by atoms with Gasteiger partial charge in [0.1, 0.15) is 21.7 Å². The third kappa shape index (κ3) is 2.94. The van der Waals surface area contributed by atoms with Gasteiger partial charge in [-0.15, -0.1) is 11.3 Å². The third-order valence-electron chi connectivity index (χ3n) is 4.64. The van der Waals surface area contributed by atoms with Crippen molar-refractivity contribution in [2.24, 2.45) is 0 Å². The summed E-state index contributed by atoms with van der Waals surface area (Å²) in [5.41, 5.74) is 2.82. The SMILES string of the molecule is COCc1cc(C)nc2sc3c(c12)N(C(C)=O)[C@@H](c1ccc(F)cc1)NC3=O. The molecule has 0 spiro atoms. The highest BCUT2D eigenvalue weighted by molar-refractivity contribution is 7.21. The zero-order valence-corrected chi connectivity index (χ0v) is 16.4. The number of hydrogen-bond donors (Lipinski definition) is 1. The predicted molar refractivity (Wildman–Crippen MR) is 105 cm³/mol. The molecule has 3 heterocycles. The van der Waals surface area contributed by atoms with E-state index in [0.29, 0.717) is 27.6 Å². The summed E-state index contributed by atoms with van der Waals surface area (Å²) in [5.74, 6) is -0.908. The van der Waals surface area contributed by atoms with E-state index in [1.807, 2.05) is 13.0 Å². The Hall–Kier alpha value is -2.84. The number of carbonyl (C=O) groups excluding carboxylic acids is 2. The summed E-state index contributed by atoms with van der Waals surface area (Å²) in [5, 5.41) is 3.60. The maximum atomic E-state index is 13.4. The minimum Gasteiger partial charge on any atom is -0.380 e. The molecule has 2 aromatic heterocycles. The summed E-state index contributed by atoms with van der Waals surface area (Å²) in [6, 6.07) is 7.64. The normalized spacial score (nSPS) is 16.2. The quantitative estimate of drug-likeness (QED) is 0.729. The lowest BCUT2D eigenvalue weighted by atomic mass is 10.0. The van der Waals surface area contributed by atoms with Crippen molar-refractivity contribution < 1.29 is 18.7 Å². The third-order valence-corrected chi connectivity index (χ3v) is 5.72. The van der Waals surface area contributed by atoms with Crippen LogP contribution in [-0.2, 0) is 16.1 Å². The molecule has 1 N–H and O–H groups in total. The summed E-state index contributed by atoms with van der Waals surface area (Å²) in [6.07, 6.45) is -0.729. The van der Waals surface area contributed by atoms with Gasteiger partial charge < -0.3 is 10.1 Å². The number of methoxy groups -OCH3 is 1. The maximum Gasteiger partial charge on any atom is 0.265 e. The van der Waals surface area contributed by atoms with Gasteiger partial charge in [-0.1, -0.05) is 12.1 Å². The highest BCUT2D eigenvalue weighted by Crippen LogP contribution is 2.45. The molecule has 1 atom stereocenters. The second-order valence-electron chi connectivity index (χ2n) is 6.63. The Morgan fingerprint density at radius 1 is 1.36 bits per heavy atom. The molecule has 6 nitrogen and oxygen atoms in total. The van der Waals surface area contributed by atoms with Crippen molar-refractivity contribution >= 4 is 39.1 Å². The predicted octanol–water partition coefficient (Wildman–Crippen LogP) is 3.69. The van der Waals surface area contributed by atoms with Gasteiger partial charge in [-0.05, 0) is 36.2 Å². The average molecular weight is 399 g/mol. The number of carbonyl (C=O) groups is 2. The number of fused-ring (bicyclic) bond motifs is 3. The van der Waals surface area contributed by atoms with Gasteiger partial charge in [-0.25, -0.2) is 9.37 Å². The molecule has 8 heteroatoms. The molecule has 0 radical (unpaired) electrons. The fourth-order valence-corrected chi connectivity index (χ4v) is 4.71. The van der Waals surface area contributed by atoms with Crippen LogP contribution in [0.5, 0.6) is 0 Å². The molecule has 0 aliphatic carbocycles. The highest BCUT2D eigenvalue weighted by Gasteiger charge is 2.38. The molecule has 1 aliphatic heterocycles. The maximum absolute atomic E-state index is 13.4. The number of aryl methyl sites for hydroxylation is 1. The zero-order valence-electron chi connectivity index (χ0n) is 15.6. The number of amides is 2. The van der Waals surface area contributed by atoms with Crippen molar-refractivity contribution in [3.8, 4) is 0 Å². The first-order valence-corrected chi connectivity index (χ1v) is 9.50. The molecule has 2 amide bonds. The van der Waals surface area contributed by atoms with Gasteiger partial charge in [0.15, 0.2) is 0 Å². The number of thiophene rings is 1. The Morgan fingerprint density at radius 2 is 2.07 bits per heavy atom. The Labute approximate surface area is 164 Å². The number of aromatic nitrogens is 1. The Balaban J connectivity index is 1.98. The van der Waals surface area contributed by atoms with Crippen LogP contribution in [0.3, 0.4) is 0 Å². The minimum atomic E-state index is -0.729. The van der Waals surface area contributed by atoms with E-state index < -0.39 is 6.17 Å². The van der Waals surface area contributed by atoms with E-state index in [1.54, 1.807) is 24.1 Å². The van der Waals surface area contributed by atoms with Crippen molar-refractivity contribution in [3.63, 3.8) is 0 Å². The Bertz CT molecular complexity index is 1090. The van der Waals surface area contributed by atoms with Gasteiger partial charge in [0.25, 0.3) is 5.91 Å². The number of pyridine rings is 1. The van der Waals surface area contributed by atoms with E-state index in [9.17, 15) is 14.0 Å². The topological polar surface area (TPSA) is 71.5 Å². The van der Waals surface area contributed by atoms with Crippen molar-refractivity contribution in [1.29, 1.82) is 0 Å². The van der Waals surface area contributed by atoms with Crippen LogP contribution in [0, 0.1) is 12.7 Å². The van der Waals surface area contributed by atoms with E-state index in [2.05, 4.69) is 10.3 Å². The fourth-order valence-electron chi connectivity index (χ4n) is 3.55. The van der Waals surface area contributed by atoms with Crippen LogP contribution in [0.1, 0.15) is 39.6 Å². The molecule has 4 rings (SSSR count). The van der Waals surface area contributed by atoms with Crippen LogP contribution in [0.2, 0.25) is 0 Å². The van der Waals surface area contributed by atoms with Gasteiger partial charge in [0.05, 0.1) is 12.3 Å². The van der Waals surface area contributed by atoms with E-state index in [4.69, 9.17) is 4.74 Å². The number of nitrogens with zero attached hydrogens (tertiary/aromatic N) is 2. The molecule has 0 unspecified atom stereocenters. The number of ether oxygens (including phenoxy) is 1. The number of anilines is 1. The number of benzene rings is 1. The van der Waals surface area contributed by atoms with Crippen molar-refractivity contribution in [2.75, 3.05) is 12.0 Å². The lowest BCUT2D eigenvalue weighted by Gasteiger charge is -2.36. The van der Waals surface area contributed by atoms with E-state index in [1.165, 1.54) is 30.4 Å². The second-order valence-corrected chi connectivity index (χ2v) is 7.63. The van der Waals surface area contributed by atoms with Crippen LogP contribution in [-0.4, -0.2) is 23.9 Å². The summed E-state index contributed by atoms with van der Waals surface area (Å²) >= 11 is 1.25. The van der Waals surface area contributed by atoms with Crippen molar-refractivity contribution in [2.45, 2.75) is 26.6 Å². The molecular weight excluding hydrogens is 381 g/mol. The number of rotatable bonds is 3. The summed E-state index contributed by atoms with van der Waals surface area (Å²) in [4.78, 5) is 32.7. The van der Waals surface area contributed by atoms with Gasteiger partial charge in [-0.3, -0.25) is 14.5 Å². The zero-order chi connectivity index (χ0) is 20.0. The molecule has 1 aromatic carbocycles. The highest BCUT2D eigenvalue weighted by atomic mass is 32.1. The van der Waals surface area contributed by atoms with Crippen LogP contribution in [0.25, 0.3) is 10.2 Å². The van der Waals surface area contributed by atoms with Gasteiger partial charge in [0.2, 0.25) is 5.91 Å². The standard InChI is InChI=1S/C20H18FN3O3S/c1-10-8-13(9-27-3)15-16-17(28-20(15)22-10)19(26)23-18(24(16)11(2)25)12-4-6-14(21)7-5-12/h4-8,18H,9H2,1-3H3,(H,23,26)/t18-/m0/s1. The van der Waals surface area contributed by atoms with Crippen molar-refractivity contribution in [1.82, 2.24) is 10.3 Å². The Kier molecular flexibility index (Phi) is 4.60. The second kappa shape index (κ2) is 6.96. The first-order chi connectivity index (χ1) is 13.4. The van der Waals surface area contributed by atoms with Gasteiger partial charge in [-0.2, -0.15) is 0 Å². The first-order valence-electron chi connectivity index (χ1n) is 8.68. The molecule has 0 bridgehead atoms. The van der Waals surface area contributed by atoms with Gasteiger partial charge in [0, 0.05) is 25.1 Å². The smallest absolute Gasteiger partial charge is 0.265 e. The van der Waals surface area contributed by atoms with Crippen LogP contribution in [0.4, 0.5) is 10.1 Å². The first kappa shape index (κ1) is 18.5. The summed E-state index contributed by atoms with van der Waals surface area (Å²) in [7, 11) is 1.59. The molecule has 0 fully saturated rings. The summed E-state index contributed by atoms with van der Waals surface area (Å²) < 4.78 is 18.7. The molecule has 3 aromatic rings.